The van der Waals surface area contributed by atoms with Crippen LogP contribution < -0.4 is 5.32 Å². The Morgan fingerprint density at radius 2 is 1.85 bits per heavy atom. The Morgan fingerprint density at radius 1 is 1.15 bits per heavy atom. The molecule has 1 aromatic heterocycles. The third-order valence-electron chi connectivity index (χ3n) is 4.02. The van der Waals surface area contributed by atoms with E-state index in [2.05, 4.69) is 36.3 Å². The van der Waals surface area contributed by atoms with Gasteiger partial charge in [0.25, 0.3) is 5.91 Å². The van der Waals surface area contributed by atoms with E-state index >= 15 is 0 Å². The van der Waals surface area contributed by atoms with Gasteiger partial charge in [0, 0.05) is 6.20 Å². The van der Waals surface area contributed by atoms with E-state index in [1.165, 1.54) is 17.3 Å². The molecule has 27 heavy (non-hydrogen) atoms. The number of benzene rings is 1. The SMILES string of the molecule is CSc1ncccc1C(=O)OCC(=O)N[C@@H](C)c1ccc(CC(C)C)cc1. The van der Waals surface area contributed by atoms with Crippen molar-refractivity contribution < 1.29 is 14.3 Å². The second-order valence-corrected chi connectivity index (χ2v) is 7.56. The van der Waals surface area contributed by atoms with Crippen LogP contribution >= 0.6 is 11.8 Å². The summed E-state index contributed by atoms with van der Waals surface area (Å²) in [7, 11) is 0. The fourth-order valence-electron chi connectivity index (χ4n) is 2.70. The van der Waals surface area contributed by atoms with E-state index in [4.69, 9.17) is 4.74 Å². The third kappa shape index (κ3) is 6.40. The first-order valence-corrected chi connectivity index (χ1v) is 10.2. The van der Waals surface area contributed by atoms with E-state index in [1.807, 2.05) is 25.3 Å². The molecule has 0 aliphatic carbocycles. The second kappa shape index (κ2) is 10.1. The molecule has 6 heteroatoms. The molecule has 0 spiro atoms. The summed E-state index contributed by atoms with van der Waals surface area (Å²) in [5.74, 6) is -0.279. The first-order chi connectivity index (χ1) is 12.9. The standard InChI is InChI=1S/C21H26N2O3S/c1-14(2)12-16-7-9-17(10-8-16)15(3)23-19(24)13-26-21(25)18-6-5-11-22-20(18)27-4/h5-11,14-15H,12-13H2,1-4H3,(H,23,24)/t15-/m0/s1. The minimum atomic E-state index is -0.548. The Labute approximate surface area is 164 Å². The van der Waals surface area contributed by atoms with Gasteiger partial charge in [-0.1, -0.05) is 38.1 Å². The molecule has 0 fully saturated rings. The van der Waals surface area contributed by atoms with Gasteiger partial charge in [0.1, 0.15) is 5.03 Å². The molecule has 0 unspecified atom stereocenters. The average Bonchev–Trinajstić information content (AvgIpc) is 2.66. The van der Waals surface area contributed by atoms with Crippen LogP contribution in [0.4, 0.5) is 0 Å². The van der Waals surface area contributed by atoms with E-state index in [1.54, 1.807) is 18.3 Å². The highest BCUT2D eigenvalue weighted by molar-refractivity contribution is 7.98. The maximum atomic E-state index is 12.2. The minimum absolute atomic E-state index is 0.163. The molecule has 0 aliphatic heterocycles. The summed E-state index contributed by atoms with van der Waals surface area (Å²) < 4.78 is 5.13. The normalized spacial score (nSPS) is 11.9. The van der Waals surface area contributed by atoms with Crippen LogP contribution in [0.15, 0.2) is 47.6 Å². The summed E-state index contributed by atoms with van der Waals surface area (Å²) >= 11 is 1.36. The van der Waals surface area contributed by atoms with Gasteiger partial charge in [-0.3, -0.25) is 4.79 Å². The van der Waals surface area contributed by atoms with Crippen LogP contribution in [0.2, 0.25) is 0 Å². The Hall–Kier alpha value is -2.34. The fourth-order valence-corrected chi connectivity index (χ4v) is 3.24. The van der Waals surface area contributed by atoms with Crippen molar-refractivity contribution >= 4 is 23.6 Å². The molecular weight excluding hydrogens is 360 g/mol. The molecule has 0 saturated carbocycles. The molecule has 0 bridgehead atoms. The Balaban J connectivity index is 1.86. The number of carbonyl (C=O) groups excluding carboxylic acids is 2. The average molecular weight is 387 g/mol. The van der Waals surface area contributed by atoms with Crippen molar-refractivity contribution in [3.63, 3.8) is 0 Å². The minimum Gasteiger partial charge on any atom is -0.452 e. The van der Waals surface area contributed by atoms with Gasteiger partial charge in [0.15, 0.2) is 6.61 Å². The molecule has 1 heterocycles. The molecule has 1 atom stereocenters. The first-order valence-electron chi connectivity index (χ1n) is 8.95. The quantitative estimate of drug-likeness (QED) is 0.548. The lowest BCUT2D eigenvalue weighted by Gasteiger charge is -2.15. The van der Waals surface area contributed by atoms with Crippen LogP contribution in [-0.2, 0) is 16.0 Å². The van der Waals surface area contributed by atoms with Gasteiger partial charge >= 0.3 is 5.97 Å². The molecule has 1 amide bonds. The monoisotopic (exact) mass is 386 g/mol. The number of aromatic nitrogens is 1. The predicted octanol–water partition coefficient (Wildman–Crippen LogP) is 4.04. The summed E-state index contributed by atoms with van der Waals surface area (Å²) in [6.07, 6.45) is 4.48. The van der Waals surface area contributed by atoms with Crippen molar-refractivity contribution in [1.82, 2.24) is 10.3 Å². The fraction of sp³-hybridized carbons (Fsp3) is 0.381. The summed E-state index contributed by atoms with van der Waals surface area (Å²) in [6.45, 7) is 5.96. The number of hydrogen-bond donors (Lipinski definition) is 1. The topological polar surface area (TPSA) is 68.3 Å². The van der Waals surface area contributed by atoms with E-state index in [9.17, 15) is 9.59 Å². The maximum Gasteiger partial charge on any atom is 0.341 e. The van der Waals surface area contributed by atoms with Crippen LogP contribution in [0.3, 0.4) is 0 Å². The molecule has 2 rings (SSSR count). The van der Waals surface area contributed by atoms with Crippen LogP contribution in [0.5, 0.6) is 0 Å². The zero-order chi connectivity index (χ0) is 19.8. The number of nitrogens with zero attached hydrogens (tertiary/aromatic N) is 1. The Bertz CT molecular complexity index is 775. The number of pyridine rings is 1. The number of esters is 1. The van der Waals surface area contributed by atoms with Gasteiger partial charge in [-0.05, 0) is 48.8 Å². The summed E-state index contributed by atoms with van der Waals surface area (Å²) in [5.41, 5.74) is 2.66. The van der Waals surface area contributed by atoms with Crippen molar-refractivity contribution in [3.05, 3.63) is 59.3 Å². The van der Waals surface area contributed by atoms with E-state index in [0.717, 1.165) is 12.0 Å². The Kier molecular flexibility index (Phi) is 7.85. The molecule has 0 saturated heterocycles. The van der Waals surface area contributed by atoms with Gasteiger partial charge in [-0.15, -0.1) is 11.8 Å². The van der Waals surface area contributed by atoms with E-state index in [0.29, 0.717) is 16.5 Å². The lowest BCUT2D eigenvalue weighted by molar-refractivity contribution is -0.124. The van der Waals surface area contributed by atoms with Crippen LogP contribution in [0.25, 0.3) is 0 Å². The summed E-state index contributed by atoms with van der Waals surface area (Å²) in [6, 6.07) is 11.4. The molecule has 1 N–H and O–H groups in total. The van der Waals surface area contributed by atoms with Crippen LogP contribution in [0, 0.1) is 5.92 Å². The van der Waals surface area contributed by atoms with Gasteiger partial charge in [-0.25, -0.2) is 9.78 Å². The molecule has 0 radical (unpaired) electrons. The molecule has 144 valence electrons. The molecule has 5 nitrogen and oxygen atoms in total. The van der Waals surface area contributed by atoms with Gasteiger partial charge in [-0.2, -0.15) is 0 Å². The lowest BCUT2D eigenvalue weighted by atomic mass is 10.00. The number of thioether (sulfide) groups is 1. The van der Waals surface area contributed by atoms with E-state index < -0.39 is 5.97 Å². The van der Waals surface area contributed by atoms with Crippen molar-refractivity contribution in [2.45, 2.75) is 38.3 Å². The zero-order valence-electron chi connectivity index (χ0n) is 16.2. The molecule has 1 aromatic carbocycles. The van der Waals surface area contributed by atoms with Crippen LogP contribution in [-0.4, -0.2) is 29.7 Å². The number of rotatable bonds is 8. The van der Waals surface area contributed by atoms with Gasteiger partial charge in [0.05, 0.1) is 11.6 Å². The number of nitrogens with one attached hydrogen (secondary N) is 1. The molecule has 2 aromatic rings. The van der Waals surface area contributed by atoms with Crippen molar-refractivity contribution in [3.8, 4) is 0 Å². The number of hydrogen-bond acceptors (Lipinski definition) is 5. The van der Waals surface area contributed by atoms with Crippen molar-refractivity contribution in [2.75, 3.05) is 12.9 Å². The van der Waals surface area contributed by atoms with Gasteiger partial charge < -0.3 is 10.1 Å². The highest BCUT2D eigenvalue weighted by atomic mass is 32.2. The smallest absolute Gasteiger partial charge is 0.341 e. The highest BCUT2D eigenvalue weighted by Crippen LogP contribution is 2.18. The van der Waals surface area contributed by atoms with E-state index in [-0.39, 0.29) is 18.6 Å². The van der Waals surface area contributed by atoms with Crippen LogP contribution in [0.1, 0.15) is 48.3 Å². The largest absolute Gasteiger partial charge is 0.452 e. The zero-order valence-corrected chi connectivity index (χ0v) is 17.0. The second-order valence-electron chi connectivity index (χ2n) is 6.77. The highest BCUT2D eigenvalue weighted by Gasteiger charge is 2.16. The lowest BCUT2D eigenvalue weighted by Crippen LogP contribution is -2.31. The number of carbonyl (C=O) groups is 2. The molecular formula is C21H26N2O3S. The number of ether oxygens (including phenoxy) is 1. The first kappa shape index (κ1) is 21.0. The third-order valence-corrected chi connectivity index (χ3v) is 4.73. The maximum absolute atomic E-state index is 12.2. The summed E-state index contributed by atoms with van der Waals surface area (Å²) in [5, 5.41) is 3.44. The Morgan fingerprint density at radius 3 is 2.48 bits per heavy atom. The molecule has 0 aliphatic rings. The predicted molar refractivity (Wildman–Crippen MR) is 108 cm³/mol. The van der Waals surface area contributed by atoms with Crippen molar-refractivity contribution in [1.29, 1.82) is 0 Å². The number of amides is 1. The van der Waals surface area contributed by atoms with Crippen molar-refractivity contribution in [2.24, 2.45) is 5.92 Å². The summed E-state index contributed by atoms with van der Waals surface area (Å²) in [4.78, 5) is 28.4. The van der Waals surface area contributed by atoms with Gasteiger partial charge in [0.2, 0.25) is 0 Å².